The van der Waals surface area contributed by atoms with E-state index in [9.17, 15) is 19.7 Å². The van der Waals surface area contributed by atoms with Gasteiger partial charge in [0, 0.05) is 23.5 Å². The highest BCUT2D eigenvalue weighted by atomic mass is 16.6. The summed E-state index contributed by atoms with van der Waals surface area (Å²) in [6.07, 6.45) is 0. The zero-order valence-electron chi connectivity index (χ0n) is 11.7. The number of amides is 2. The monoisotopic (exact) mass is 292 g/mol. The largest absolute Gasteiger partial charge is 0.318 e. The summed E-state index contributed by atoms with van der Waals surface area (Å²) in [6, 6.07) is 4.39. The molecule has 1 aliphatic rings. The van der Waals surface area contributed by atoms with Crippen LogP contribution in [-0.4, -0.2) is 21.6 Å². The molecule has 1 aromatic carbocycles. The maximum absolute atomic E-state index is 12.1. The molecule has 0 radical (unpaired) electrons. The van der Waals surface area contributed by atoms with E-state index in [0.717, 1.165) is 4.90 Å². The van der Waals surface area contributed by atoms with Crippen molar-refractivity contribution in [1.82, 2.24) is 4.90 Å². The van der Waals surface area contributed by atoms with Crippen molar-refractivity contribution in [3.63, 3.8) is 0 Å². The van der Waals surface area contributed by atoms with Gasteiger partial charge in [0.2, 0.25) is 11.8 Å². The normalized spacial score (nSPS) is 21.8. The van der Waals surface area contributed by atoms with Crippen molar-refractivity contribution >= 4 is 23.2 Å². The first-order chi connectivity index (χ1) is 9.88. The minimum absolute atomic E-state index is 0.0342. The molecule has 1 aliphatic heterocycles. The molecule has 1 saturated heterocycles. The average Bonchev–Trinajstić information content (AvgIpc) is 2.64. The van der Waals surface area contributed by atoms with Crippen molar-refractivity contribution in [3.05, 3.63) is 33.9 Å². The molecular weight excluding hydrogens is 276 g/mol. The molecule has 2 unspecified atom stereocenters. The summed E-state index contributed by atoms with van der Waals surface area (Å²) in [4.78, 5) is 35.7. The van der Waals surface area contributed by atoms with Gasteiger partial charge in [-0.2, -0.15) is 0 Å². The highest BCUT2D eigenvalue weighted by Gasteiger charge is 2.42. The molecule has 0 aliphatic carbocycles. The molecule has 0 saturated carbocycles. The van der Waals surface area contributed by atoms with E-state index in [1.54, 1.807) is 19.9 Å². The molecular formula is C13H16N4O4. The maximum atomic E-state index is 12.1. The van der Waals surface area contributed by atoms with Gasteiger partial charge in [-0.3, -0.25) is 30.4 Å². The van der Waals surface area contributed by atoms with Crippen LogP contribution < -0.4 is 11.3 Å². The second-order valence-corrected chi connectivity index (χ2v) is 5.05. The van der Waals surface area contributed by atoms with Crippen LogP contribution in [0.1, 0.15) is 19.4 Å². The minimum Gasteiger partial charge on any atom is -0.318 e. The van der Waals surface area contributed by atoms with Crippen molar-refractivity contribution in [1.29, 1.82) is 0 Å². The molecule has 1 fully saturated rings. The molecule has 112 valence electrons. The predicted molar refractivity (Wildman–Crippen MR) is 74.8 cm³/mol. The number of nitro benzene ring substituents is 1. The van der Waals surface area contributed by atoms with Gasteiger partial charge in [0.05, 0.1) is 11.5 Å². The van der Waals surface area contributed by atoms with Gasteiger partial charge in [-0.25, -0.2) is 0 Å². The van der Waals surface area contributed by atoms with Crippen LogP contribution >= 0.6 is 0 Å². The number of rotatable bonds is 4. The van der Waals surface area contributed by atoms with Crippen LogP contribution in [0.2, 0.25) is 0 Å². The lowest BCUT2D eigenvalue weighted by Gasteiger charge is -2.17. The second-order valence-electron chi connectivity index (χ2n) is 5.05. The molecule has 8 heteroatoms. The SMILES string of the molecule is CC1C(=O)N(Cc2cccc([N+](=O)[O-])c2NN)C(=O)C1C. The number of hydrazine groups is 1. The number of nitrogens with zero attached hydrogens (tertiary/aromatic N) is 2. The van der Waals surface area contributed by atoms with Gasteiger partial charge in [0.25, 0.3) is 5.69 Å². The smallest absolute Gasteiger partial charge is 0.293 e. The average molecular weight is 292 g/mol. The number of para-hydroxylation sites is 1. The van der Waals surface area contributed by atoms with Crippen molar-refractivity contribution in [2.45, 2.75) is 20.4 Å². The number of likely N-dealkylation sites (tertiary alicyclic amines) is 1. The van der Waals surface area contributed by atoms with Crippen LogP contribution in [0, 0.1) is 22.0 Å². The molecule has 0 aromatic heterocycles. The third kappa shape index (κ3) is 2.45. The van der Waals surface area contributed by atoms with E-state index in [1.165, 1.54) is 12.1 Å². The van der Waals surface area contributed by atoms with E-state index in [2.05, 4.69) is 5.43 Å². The summed E-state index contributed by atoms with van der Waals surface area (Å²) in [5.41, 5.74) is 2.61. The lowest BCUT2D eigenvalue weighted by molar-refractivity contribution is -0.384. The fourth-order valence-electron chi connectivity index (χ4n) is 2.39. The van der Waals surface area contributed by atoms with E-state index in [0.29, 0.717) is 5.56 Å². The standard InChI is InChI=1S/C13H16N4O4/c1-7-8(2)13(19)16(12(7)18)6-9-4-3-5-10(17(20)21)11(9)15-14/h3-5,7-8,15H,6,14H2,1-2H3. The highest BCUT2D eigenvalue weighted by Crippen LogP contribution is 2.32. The molecule has 21 heavy (non-hydrogen) atoms. The third-order valence-corrected chi connectivity index (χ3v) is 3.86. The topological polar surface area (TPSA) is 119 Å². The highest BCUT2D eigenvalue weighted by molar-refractivity contribution is 6.04. The fraction of sp³-hybridized carbons (Fsp3) is 0.385. The van der Waals surface area contributed by atoms with E-state index in [4.69, 9.17) is 5.84 Å². The molecule has 2 amide bonds. The first-order valence-electron chi connectivity index (χ1n) is 6.46. The maximum Gasteiger partial charge on any atom is 0.293 e. The Morgan fingerprint density at radius 1 is 1.29 bits per heavy atom. The van der Waals surface area contributed by atoms with E-state index in [1.807, 2.05) is 0 Å². The van der Waals surface area contributed by atoms with Crippen molar-refractivity contribution < 1.29 is 14.5 Å². The van der Waals surface area contributed by atoms with Crippen LogP contribution in [0.4, 0.5) is 11.4 Å². The summed E-state index contributed by atoms with van der Waals surface area (Å²) in [7, 11) is 0. The summed E-state index contributed by atoms with van der Waals surface area (Å²) in [5, 5.41) is 11.0. The third-order valence-electron chi connectivity index (χ3n) is 3.86. The lowest BCUT2D eigenvalue weighted by Crippen LogP contribution is -2.31. The fourth-order valence-corrected chi connectivity index (χ4v) is 2.39. The molecule has 0 bridgehead atoms. The van der Waals surface area contributed by atoms with E-state index < -0.39 is 4.92 Å². The Morgan fingerprint density at radius 2 is 1.86 bits per heavy atom. The minimum atomic E-state index is -0.572. The first-order valence-corrected chi connectivity index (χ1v) is 6.46. The summed E-state index contributed by atoms with van der Waals surface area (Å²) in [6.45, 7) is 3.36. The zero-order valence-corrected chi connectivity index (χ0v) is 11.7. The molecule has 2 atom stereocenters. The van der Waals surface area contributed by atoms with Gasteiger partial charge in [-0.1, -0.05) is 26.0 Å². The zero-order chi connectivity index (χ0) is 15.7. The number of imide groups is 1. The van der Waals surface area contributed by atoms with Crippen molar-refractivity contribution in [3.8, 4) is 0 Å². The summed E-state index contributed by atoms with van der Waals surface area (Å²) >= 11 is 0. The molecule has 8 nitrogen and oxygen atoms in total. The Labute approximate surface area is 121 Å². The first kappa shape index (κ1) is 14.9. The van der Waals surface area contributed by atoms with Gasteiger partial charge in [0.15, 0.2) is 0 Å². The van der Waals surface area contributed by atoms with Gasteiger partial charge >= 0.3 is 0 Å². The van der Waals surface area contributed by atoms with Gasteiger partial charge in [-0.15, -0.1) is 0 Å². The summed E-state index contributed by atoms with van der Waals surface area (Å²) < 4.78 is 0. The lowest BCUT2D eigenvalue weighted by atomic mass is 10.00. The number of hydrogen-bond donors (Lipinski definition) is 2. The number of nitrogens with two attached hydrogens (primary N) is 1. The Kier molecular flexibility index (Phi) is 3.90. The number of nitro groups is 1. The van der Waals surface area contributed by atoms with Crippen LogP contribution in [-0.2, 0) is 16.1 Å². The quantitative estimate of drug-likeness (QED) is 0.370. The van der Waals surface area contributed by atoms with Crippen LogP contribution in [0.15, 0.2) is 18.2 Å². The number of nitrogens with one attached hydrogen (secondary N) is 1. The van der Waals surface area contributed by atoms with Crippen LogP contribution in [0.5, 0.6) is 0 Å². The van der Waals surface area contributed by atoms with Crippen molar-refractivity contribution in [2.24, 2.45) is 17.7 Å². The molecule has 3 N–H and O–H groups in total. The Bertz CT molecular complexity index is 596. The molecule has 1 aromatic rings. The molecule has 2 rings (SSSR count). The van der Waals surface area contributed by atoms with Gasteiger partial charge in [0.1, 0.15) is 5.69 Å². The van der Waals surface area contributed by atoms with Gasteiger partial charge in [-0.05, 0) is 0 Å². The van der Waals surface area contributed by atoms with E-state index >= 15 is 0 Å². The molecule has 1 heterocycles. The molecule has 0 spiro atoms. The van der Waals surface area contributed by atoms with Crippen LogP contribution in [0.25, 0.3) is 0 Å². The number of anilines is 1. The number of benzene rings is 1. The number of hydrogen-bond acceptors (Lipinski definition) is 6. The second kappa shape index (κ2) is 5.49. The Balaban J connectivity index is 2.36. The Hall–Kier alpha value is -2.48. The van der Waals surface area contributed by atoms with Crippen molar-refractivity contribution in [2.75, 3.05) is 5.43 Å². The predicted octanol–water partition coefficient (Wildman–Crippen LogP) is 1.02. The van der Waals surface area contributed by atoms with E-state index in [-0.39, 0.29) is 41.6 Å². The Morgan fingerprint density at radius 3 is 2.33 bits per heavy atom. The summed E-state index contributed by atoms with van der Waals surface area (Å²) in [5.74, 6) is 4.03. The van der Waals surface area contributed by atoms with Crippen LogP contribution in [0.3, 0.4) is 0 Å². The van der Waals surface area contributed by atoms with Gasteiger partial charge < -0.3 is 5.43 Å². The number of carbonyl (C=O) groups is 2. The number of carbonyl (C=O) groups excluding carboxylic acids is 2. The number of nitrogen functional groups attached to an aromatic ring is 1.